The van der Waals surface area contributed by atoms with Gasteiger partial charge in [0.1, 0.15) is 0 Å². The average Bonchev–Trinajstić information content (AvgIpc) is 2.20. The first-order chi connectivity index (χ1) is 8.02. The fraction of sp³-hybridized carbons (Fsp3) is 0.917. The molecule has 17 heavy (non-hydrogen) atoms. The summed E-state index contributed by atoms with van der Waals surface area (Å²) in [5.74, 6) is 0.815. The molecule has 0 saturated heterocycles. The summed E-state index contributed by atoms with van der Waals surface area (Å²) in [5, 5.41) is 5.61. The van der Waals surface area contributed by atoms with Crippen LogP contribution < -0.4 is 10.6 Å². The Kier molecular flexibility index (Phi) is 10.2. The second kappa shape index (κ2) is 10.6. The van der Waals surface area contributed by atoms with Crippen molar-refractivity contribution >= 4 is 16.8 Å². The van der Waals surface area contributed by atoms with Crippen LogP contribution in [0.3, 0.4) is 0 Å². The lowest BCUT2D eigenvalue weighted by atomic mass is 10.1. The summed E-state index contributed by atoms with van der Waals surface area (Å²) < 4.78 is 10.8. The molecule has 4 nitrogen and oxygen atoms in total. The van der Waals surface area contributed by atoms with Gasteiger partial charge in [-0.3, -0.25) is 4.21 Å². The number of hydrogen-bond acceptors (Lipinski definition) is 2. The van der Waals surface area contributed by atoms with Crippen LogP contribution in [-0.2, 0) is 10.8 Å². The maximum atomic E-state index is 11.2. The quantitative estimate of drug-likeness (QED) is 0.625. The van der Waals surface area contributed by atoms with Gasteiger partial charge in [-0.2, -0.15) is 0 Å². The molecule has 0 radical (unpaired) electrons. The number of urea groups is 1. The lowest BCUT2D eigenvalue weighted by molar-refractivity contribution is 0.238. The van der Waals surface area contributed by atoms with Crippen molar-refractivity contribution in [3.8, 4) is 0 Å². The average molecular weight is 262 g/mol. The largest absolute Gasteiger partial charge is 0.338 e. The highest BCUT2D eigenvalue weighted by atomic mass is 32.2. The number of rotatable bonds is 9. The molecule has 0 aliphatic carbocycles. The third-order valence-corrected chi connectivity index (χ3v) is 3.18. The first-order valence-corrected chi connectivity index (χ1v) is 8.09. The zero-order chi connectivity index (χ0) is 13.1. The lowest BCUT2D eigenvalue weighted by Crippen LogP contribution is -2.39. The number of carbonyl (C=O) groups is 1. The normalized spacial score (nSPS) is 12.5. The lowest BCUT2D eigenvalue weighted by Gasteiger charge is -2.09. The van der Waals surface area contributed by atoms with Crippen LogP contribution >= 0.6 is 0 Å². The molecule has 2 N–H and O–H groups in total. The van der Waals surface area contributed by atoms with Crippen LogP contribution in [0.15, 0.2) is 0 Å². The van der Waals surface area contributed by atoms with Crippen LogP contribution in [0.5, 0.6) is 0 Å². The van der Waals surface area contributed by atoms with Crippen molar-refractivity contribution in [1.29, 1.82) is 0 Å². The summed E-state index contributed by atoms with van der Waals surface area (Å²) in [7, 11) is -0.652. The van der Waals surface area contributed by atoms with Gasteiger partial charge >= 0.3 is 6.03 Å². The second-order valence-electron chi connectivity index (χ2n) is 4.60. The van der Waals surface area contributed by atoms with E-state index in [9.17, 15) is 9.00 Å². The number of amides is 2. The molecule has 0 aromatic heterocycles. The van der Waals surface area contributed by atoms with Gasteiger partial charge in [0.15, 0.2) is 0 Å². The van der Waals surface area contributed by atoms with Gasteiger partial charge in [0.05, 0.1) is 0 Å². The molecule has 0 rings (SSSR count). The summed E-state index contributed by atoms with van der Waals surface area (Å²) in [6.07, 6.45) is 7.23. The highest BCUT2D eigenvalue weighted by molar-refractivity contribution is 7.84. The van der Waals surface area contributed by atoms with Gasteiger partial charge in [-0.1, -0.05) is 19.3 Å². The molecule has 5 heteroatoms. The number of nitrogens with one attached hydrogen (secondary N) is 2. The van der Waals surface area contributed by atoms with E-state index in [-0.39, 0.29) is 12.1 Å². The standard InChI is InChI=1S/C12H26N2O2S/c1-11(2)14-12(15)13-9-7-5-4-6-8-10-17(3)16/h11H,4-10H2,1-3H3,(H2,13,14,15). The molecule has 0 spiro atoms. The molecular formula is C12H26N2O2S. The minimum atomic E-state index is -0.652. The molecule has 0 bridgehead atoms. The van der Waals surface area contributed by atoms with Crippen molar-refractivity contribution in [1.82, 2.24) is 10.6 Å². The molecular weight excluding hydrogens is 236 g/mol. The van der Waals surface area contributed by atoms with E-state index in [0.717, 1.165) is 44.4 Å². The highest BCUT2D eigenvalue weighted by Crippen LogP contribution is 2.02. The van der Waals surface area contributed by atoms with Crippen LogP contribution in [0.2, 0.25) is 0 Å². The molecule has 0 aliphatic rings. The molecule has 0 aromatic carbocycles. The molecule has 0 fully saturated rings. The van der Waals surface area contributed by atoms with E-state index in [4.69, 9.17) is 0 Å². The molecule has 0 aromatic rings. The number of hydrogen-bond donors (Lipinski definition) is 2. The Bertz CT molecular complexity index is 233. The van der Waals surface area contributed by atoms with E-state index >= 15 is 0 Å². The van der Waals surface area contributed by atoms with Crippen molar-refractivity contribution in [2.45, 2.75) is 52.0 Å². The smallest absolute Gasteiger partial charge is 0.314 e. The van der Waals surface area contributed by atoms with E-state index in [2.05, 4.69) is 10.6 Å². The molecule has 0 heterocycles. The maximum Gasteiger partial charge on any atom is 0.314 e. The van der Waals surface area contributed by atoms with Gasteiger partial charge in [-0.05, 0) is 26.7 Å². The molecule has 0 saturated carbocycles. The van der Waals surface area contributed by atoms with Gasteiger partial charge < -0.3 is 10.6 Å². The summed E-state index contributed by atoms with van der Waals surface area (Å²) in [6.45, 7) is 4.62. The van der Waals surface area contributed by atoms with Crippen LogP contribution in [0.4, 0.5) is 4.79 Å². The van der Waals surface area contributed by atoms with Gasteiger partial charge in [0.25, 0.3) is 0 Å². The monoisotopic (exact) mass is 262 g/mol. The summed E-state index contributed by atoms with van der Waals surface area (Å²) in [6, 6.07) is 0.103. The van der Waals surface area contributed by atoms with Crippen LogP contribution in [0.25, 0.3) is 0 Å². The van der Waals surface area contributed by atoms with Crippen LogP contribution in [-0.4, -0.2) is 34.8 Å². The topological polar surface area (TPSA) is 58.2 Å². The first-order valence-electron chi connectivity index (χ1n) is 6.36. The van der Waals surface area contributed by atoms with Crippen molar-refractivity contribution in [3.05, 3.63) is 0 Å². The predicted molar refractivity (Wildman–Crippen MR) is 73.7 cm³/mol. The van der Waals surface area contributed by atoms with E-state index in [0.29, 0.717) is 0 Å². The van der Waals surface area contributed by atoms with Crippen molar-refractivity contribution < 1.29 is 9.00 Å². The third-order valence-electron chi connectivity index (χ3n) is 2.31. The fourth-order valence-corrected chi connectivity index (χ4v) is 2.09. The summed E-state index contributed by atoms with van der Waals surface area (Å²) in [4.78, 5) is 11.2. The molecule has 0 aliphatic heterocycles. The minimum absolute atomic E-state index is 0.0821. The Morgan fingerprint density at radius 1 is 1.12 bits per heavy atom. The summed E-state index contributed by atoms with van der Waals surface area (Å²) >= 11 is 0. The maximum absolute atomic E-state index is 11.2. The van der Waals surface area contributed by atoms with E-state index < -0.39 is 10.8 Å². The Morgan fingerprint density at radius 2 is 1.71 bits per heavy atom. The Morgan fingerprint density at radius 3 is 2.29 bits per heavy atom. The summed E-state index contributed by atoms with van der Waals surface area (Å²) in [5.41, 5.74) is 0. The van der Waals surface area contributed by atoms with E-state index in [1.807, 2.05) is 13.8 Å². The van der Waals surface area contributed by atoms with Crippen molar-refractivity contribution in [2.24, 2.45) is 0 Å². The minimum Gasteiger partial charge on any atom is -0.338 e. The van der Waals surface area contributed by atoms with Gasteiger partial charge in [-0.25, -0.2) is 4.79 Å². The van der Waals surface area contributed by atoms with Crippen molar-refractivity contribution in [2.75, 3.05) is 18.6 Å². The van der Waals surface area contributed by atoms with E-state index in [1.165, 1.54) is 0 Å². The molecule has 1 unspecified atom stereocenters. The van der Waals surface area contributed by atoms with Gasteiger partial charge in [-0.15, -0.1) is 0 Å². The van der Waals surface area contributed by atoms with E-state index in [1.54, 1.807) is 6.26 Å². The van der Waals surface area contributed by atoms with Crippen molar-refractivity contribution in [3.63, 3.8) is 0 Å². The zero-order valence-corrected chi connectivity index (χ0v) is 12.1. The Balaban J connectivity index is 3.18. The fourth-order valence-electron chi connectivity index (χ4n) is 1.48. The highest BCUT2D eigenvalue weighted by Gasteiger charge is 2.00. The number of unbranched alkanes of at least 4 members (excludes halogenated alkanes) is 4. The third kappa shape index (κ3) is 13.4. The molecule has 1 atom stereocenters. The van der Waals surface area contributed by atoms with Crippen LogP contribution in [0, 0.1) is 0 Å². The number of carbonyl (C=O) groups excluding carboxylic acids is 1. The Labute approximate surface area is 107 Å². The zero-order valence-electron chi connectivity index (χ0n) is 11.3. The first kappa shape index (κ1) is 16.4. The predicted octanol–water partition coefficient (Wildman–Crippen LogP) is 2.02. The SMILES string of the molecule is CC(C)NC(=O)NCCCCCCCS(C)=O. The van der Waals surface area contributed by atoms with Gasteiger partial charge in [0, 0.05) is 35.4 Å². The molecule has 2 amide bonds. The molecule has 102 valence electrons. The van der Waals surface area contributed by atoms with Gasteiger partial charge in [0.2, 0.25) is 0 Å². The second-order valence-corrected chi connectivity index (χ2v) is 6.15. The Hall–Kier alpha value is -0.580. The van der Waals surface area contributed by atoms with Crippen LogP contribution in [0.1, 0.15) is 46.0 Å².